The molecule has 1 N–H and O–H groups in total. The molecule has 33 heavy (non-hydrogen) atoms. The quantitative estimate of drug-likeness (QED) is 0.423. The molecule has 2 amide bonds. The van der Waals surface area contributed by atoms with Gasteiger partial charge in [-0.1, -0.05) is 56.5 Å². The lowest BCUT2D eigenvalue weighted by Gasteiger charge is -2.29. The van der Waals surface area contributed by atoms with E-state index in [1.165, 1.54) is 5.56 Å². The van der Waals surface area contributed by atoms with Crippen LogP contribution in [-0.4, -0.2) is 35.4 Å². The number of halogens is 2. The summed E-state index contributed by atoms with van der Waals surface area (Å²) in [6, 6.07) is 12.7. The number of ether oxygens (including phenoxy) is 1. The average Bonchev–Trinajstić information content (AvgIpc) is 3.30. The third kappa shape index (κ3) is 7.21. The van der Waals surface area contributed by atoms with Crippen molar-refractivity contribution in [3.8, 4) is 5.75 Å². The van der Waals surface area contributed by atoms with E-state index in [1.807, 2.05) is 30.3 Å². The van der Waals surface area contributed by atoms with Crippen LogP contribution in [0.1, 0.15) is 63.5 Å². The maximum atomic E-state index is 13.2. The highest BCUT2D eigenvalue weighted by Crippen LogP contribution is 2.29. The molecule has 7 heteroatoms. The fourth-order valence-corrected chi connectivity index (χ4v) is 4.61. The summed E-state index contributed by atoms with van der Waals surface area (Å²) in [6.45, 7) is 6.16. The summed E-state index contributed by atoms with van der Waals surface area (Å²) in [6.07, 6.45) is 4.25. The van der Waals surface area contributed by atoms with Crippen molar-refractivity contribution in [3.63, 3.8) is 0 Å². The van der Waals surface area contributed by atoms with Gasteiger partial charge in [0.2, 0.25) is 5.91 Å². The molecule has 1 saturated carbocycles. The Morgan fingerprint density at radius 2 is 1.79 bits per heavy atom. The first kappa shape index (κ1) is 25.6. The molecule has 0 spiro atoms. The summed E-state index contributed by atoms with van der Waals surface area (Å²) in [5.74, 6) is 0.610. The minimum absolute atomic E-state index is 0.133. The summed E-state index contributed by atoms with van der Waals surface area (Å²) >= 11 is 9.55. The van der Waals surface area contributed by atoms with E-state index in [9.17, 15) is 9.59 Å². The van der Waals surface area contributed by atoms with Crippen molar-refractivity contribution in [3.05, 3.63) is 63.1 Å². The predicted molar refractivity (Wildman–Crippen MR) is 136 cm³/mol. The van der Waals surface area contributed by atoms with Gasteiger partial charge in [-0.3, -0.25) is 9.59 Å². The molecule has 2 aromatic carbocycles. The number of hydrogen-bond acceptors (Lipinski definition) is 3. The molecule has 0 heterocycles. The molecule has 3 rings (SSSR count). The SMILES string of the molecule is CC(C)c1ccc(OCC(=O)N(Cc2ccc(Cl)cc2)C(C)C(=O)NC2CCCC2)c(Br)c1. The number of carbonyl (C=O) groups excluding carboxylic acids is 2. The minimum atomic E-state index is -0.621. The van der Waals surface area contributed by atoms with E-state index in [2.05, 4.69) is 35.1 Å². The van der Waals surface area contributed by atoms with Crippen molar-refractivity contribution in [2.45, 2.75) is 71.0 Å². The van der Waals surface area contributed by atoms with Crippen molar-refractivity contribution >= 4 is 39.3 Å². The smallest absolute Gasteiger partial charge is 0.261 e. The largest absolute Gasteiger partial charge is 0.483 e. The molecule has 0 bridgehead atoms. The van der Waals surface area contributed by atoms with E-state index in [4.69, 9.17) is 16.3 Å². The van der Waals surface area contributed by atoms with E-state index >= 15 is 0 Å². The van der Waals surface area contributed by atoms with Crippen LogP contribution in [0.15, 0.2) is 46.9 Å². The molecule has 2 aromatic rings. The highest BCUT2D eigenvalue weighted by atomic mass is 79.9. The lowest BCUT2D eigenvalue weighted by atomic mass is 10.0. The zero-order valence-corrected chi connectivity index (χ0v) is 21.8. The molecule has 0 saturated heterocycles. The van der Waals surface area contributed by atoms with Crippen LogP contribution in [0.5, 0.6) is 5.75 Å². The lowest BCUT2D eigenvalue weighted by Crippen LogP contribution is -2.50. The molecule has 1 aliphatic rings. The monoisotopic (exact) mass is 534 g/mol. The van der Waals surface area contributed by atoms with Crippen LogP contribution in [0.25, 0.3) is 0 Å². The van der Waals surface area contributed by atoms with Crippen LogP contribution in [0, 0.1) is 0 Å². The Labute approximate surface area is 210 Å². The Kier molecular flexibility index (Phi) is 9.21. The van der Waals surface area contributed by atoms with Crippen molar-refractivity contribution in [2.24, 2.45) is 0 Å². The van der Waals surface area contributed by atoms with E-state index in [1.54, 1.807) is 24.0 Å². The molecule has 178 valence electrons. The van der Waals surface area contributed by atoms with Crippen molar-refractivity contribution in [1.82, 2.24) is 10.2 Å². The Bertz CT molecular complexity index is 959. The molecule has 0 aromatic heterocycles. The zero-order chi connectivity index (χ0) is 24.0. The zero-order valence-electron chi connectivity index (χ0n) is 19.4. The third-order valence-electron chi connectivity index (χ3n) is 6.11. The Morgan fingerprint density at radius 3 is 2.39 bits per heavy atom. The van der Waals surface area contributed by atoms with Gasteiger partial charge in [-0.2, -0.15) is 0 Å². The molecule has 1 aliphatic carbocycles. The minimum Gasteiger partial charge on any atom is -0.483 e. The van der Waals surface area contributed by atoms with Crippen LogP contribution in [0.2, 0.25) is 5.02 Å². The lowest BCUT2D eigenvalue weighted by molar-refractivity contribution is -0.142. The van der Waals surface area contributed by atoms with E-state index in [-0.39, 0.29) is 24.5 Å². The predicted octanol–water partition coefficient (Wildman–Crippen LogP) is 6.08. The first-order valence-corrected chi connectivity index (χ1v) is 12.7. The number of amides is 2. The number of nitrogens with one attached hydrogen (secondary N) is 1. The van der Waals surface area contributed by atoms with Crippen molar-refractivity contribution < 1.29 is 14.3 Å². The Hall–Kier alpha value is -2.05. The number of carbonyl (C=O) groups is 2. The maximum Gasteiger partial charge on any atom is 0.261 e. The number of hydrogen-bond donors (Lipinski definition) is 1. The van der Waals surface area contributed by atoms with Gasteiger partial charge in [0, 0.05) is 17.6 Å². The first-order valence-electron chi connectivity index (χ1n) is 11.5. The fourth-order valence-electron chi connectivity index (χ4n) is 3.98. The number of rotatable bonds is 9. The Balaban J connectivity index is 1.72. The molecule has 1 fully saturated rings. The van der Waals surface area contributed by atoms with Crippen LogP contribution in [-0.2, 0) is 16.1 Å². The summed E-state index contributed by atoms with van der Waals surface area (Å²) in [5.41, 5.74) is 2.08. The first-order chi connectivity index (χ1) is 15.7. The molecule has 0 aliphatic heterocycles. The number of benzene rings is 2. The van der Waals surface area contributed by atoms with Gasteiger partial charge >= 0.3 is 0 Å². The van der Waals surface area contributed by atoms with Crippen LogP contribution in [0.4, 0.5) is 0 Å². The second-order valence-corrected chi connectivity index (χ2v) is 10.2. The normalized spacial score (nSPS) is 14.8. The van der Waals surface area contributed by atoms with Gasteiger partial charge in [0.15, 0.2) is 6.61 Å². The molecule has 0 radical (unpaired) electrons. The van der Waals surface area contributed by atoms with Gasteiger partial charge < -0.3 is 15.0 Å². The van der Waals surface area contributed by atoms with E-state index in [0.29, 0.717) is 23.2 Å². The molecule has 5 nitrogen and oxygen atoms in total. The fraction of sp³-hybridized carbons (Fsp3) is 0.462. The van der Waals surface area contributed by atoms with E-state index in [0.717, 1.165) is 35.7 Å². The Morgan fingerprint density at radius 1 is 1.12 bits per heavy atom. The highest BCUT2D eigenvalue weighted by Gasteiger charge is 2.29. The summed E-state index contributed by atoms with van der Waals surface area (Å²) in [7, 11) is 0. The molecular formula is C26H32BrClN2O3. The molecule has 1 atom stereocenters. The van der Waals surface area contributed by atoms with Gasteiger partial charge in [-0.25, -0.2) is 0 Å². The topological polar surface area (TPSA) is 58.6 Å². The van der Waals surface area contributed by atoms with Gasteiger partial charge in [0.25, 0.3) is 5.91 Å². The third-order valence-corrected chi connectivity index (χ3v) is 6.98. The summed E-state index contributed by atoms with van der Waals surface area (Å²) in [5, 5.41) is 3.73. The standard InChI is InChI=1S/C26H32BrClN2O3/c1-17(2)20-10-13-24(23(27)14-20)33-16-25(31)30(15-19-8-11-21(28)12-9-19)18(3)26(32)29-22-6-4-5-7-22/h8-14,17-18,22H,4-7,15-16H2,1-3H3,(H,29,32). The highest BCUT2D eigenvalue weighted by molar-refractivity contribution is 9.10. The second-order valence-electron chi connectivity index (χ2n) is 8.95. The van der Waals surface area contributed by atoms with Gasteiger partial charge in [0.1, 0.15) is 11.8 Å². The second kappa shape index (κ2) is 11.9. The molecule has 1 unspecified atom stereocenters. The van der Waals surface area contributed by atoms with Gasteiger partial charge in [-0.15, -0.1) is 0 Å². The van der Waals surface area contributed by atoms with Gasteiger partial charge in [0.05, 0.1) is 4.47 Å². The summed E-state index contributed by atoms with van der Waals surface area (Å²) in [4.78, 5) is 27.8. The van der Waals surface area contributed by atoms with Crippen molar-refractivity contribution in [2.75, 3.05) is 6.61 Å². The van der Waals surface area contributed by atoms with Crippen LogP contribution >= 0.6 is 27.5 Å². The van der Waals surface area contributed by atoms with Crippen molar-refractivity contribution in [1.29, 1.82) is 0 Å². The van der Waals surface area contributed by atoms with Crippen LogP contribution < -0.4 is 10.1 Å². The van der Waals surface area contributed by atoms with Gasteiger partial charge in [-0.05, 0) is 77.0 Å². The number of nitrogens with zero attached hydrogens (tertiary/aromatic N) is 1. The summed E-state index contributed by atoms with van der Waals surface area (Å²) < 4.78 is 6.65. The van der Waals surface area contributed by atoms with E-state index < -0.39 is 6.04 Å². The maximum absolute atomic E-state index is 13.2. The van der Waals surface area contributed by atoms with Crippen LogP contribution in [0.3, 0.4) is 0 Å². The average molecular weight is 536 g/mol. The molecular weight excluding hydrogens is 504 g/mol.